The summed E-state index contributed by atoms with van der Waals surface area (Å²) in [5.41, 5.74) is 10.0. The van der Waals surface area contributed by atoms with Gasteiger partial charge in [0.2, 0.25) is 0 Å². The Morgan fingerprint density at radius 3 is 1.32 bits per heavy atom. The second kappa shape index (κ2) is 9.52. The van der Waals surface area contributed by atoms with Gasteiger partial charge in [0.15, 0.2) is 0 Å². The van der Waals surface area contributed by atoms with Gasteiger partial charge in [-0.15, -0.1) is 0 Å². The van der Waals surface area contributed by atoms with Crippen molar-refractivity contribution in [2.24, 2.45) is 0 Å². The van der Waals surface area contributed by atoms with Crippen LogP contribution >= 0.6 is 11.8 Å². The van der Waals surface area contributed by atoms with Gasteiger partial charge >= 0.3 is 7.12 Å². The number of hydrogen-bond donors (Lipinski definition) is 0. The van der Waals surface area contributed by atoms with E-state index >= 15 is 0 Å². The number of hydrogen-bond acceptors (Lipinski definition) is 3. The summed E-state index contributed by atoms with van der Waals surface area (Å²) >= 11 is 1.82. The summed E-state index contributed by atoms with van der Waals surface area (Å²) in [5, 5.41) is 0. The van der Waals surface area contributed by atoms with E-state index < -0.39 is 18.3 Å². The molecule has 0 saturated carbocycles. The molecule has 0 bridgehead atoms. The van der Waals surface area contributed by atoms with Crippen LogP contribution in [0.5, 0.6) is 0 Å². The van der Waals surface area contributed by atoms with Crippen molar-refractivity contribution < 1.29 is 9.31 Å². The molecule has 0 aliphatic carbocycles. The lowest BCUT2D eigenvalue weighted by Gasteiger charge is -2.32. The van der Waals surface area contributed by atoms with E-state index in [-0.39, 0.29) is 0 Å². The number of benzene rings is 5. The van der Waals surface area contributed by atoms with Gasteiger partial charge in [-0.05, 0) is 89.8 Å². The lowest BCUT2D eigenvalue weighted by molar-refractivity contribution is 0.00578. The fraction of sp³-hybridized carbons (Fsp3) is 0.167. The van der Waals surface area contributed by atoms with E-state index in [1.54, 1.807) is 0 Å². The van der Waals surface area contributed by atoms with E-state index in [4.69, 9.17) is 9.31 Å². The van der Waals surface area contributed by atoms with Gasteiger partial charge in [-0.3, -0.25) is 0 Å². The van der Waals surface area contributed by atoms with Crippen molar-refractivity contribution in [1.29, 1.82) is 0 Å². The predicted molar refractivity (Wildman–Crippen MR) is 168 cm³/mol. The first kappa shape index (κ1) is 25.4. The highest BCUT2D eigenvalue weighted by molar-refractivity contribution is 7.99. The standard InChI is InChI=1S/C36H31BO2S/c1-35(2)36(3,4)39-37(38-35)24-21-22-34-32(23-24)30-18-10-8-16-28(30)26-14-6-5-13-25(26)27-15-7-9-17-29(27)31-19-11-12-20-33(31)40-34/h5-23H,1-4H3. The zero-order valence-electron chi connectivity index (χ0n) is 23.3. The van der Waals surface area contributed by atoms with Crippen molar-refractivity contribution in [1.82, 2.24) is 0 Å². The normalized spacial score (nSPS) is 16.6. The maximum atomic E-state index is 6.48. The Hall–Kier alpha value is -3.57. The minimum Gasteiger partial charge on any atom is -0.399 e. The highest BCUT2D eigenvalue weighted by atomic mass is 32.2. The average Bonchev–Trinajstić information content (AvgIpc) is 3.19. The van der Waals surface area contributed by atoms with Crippen molar-refractivity contribution in [3.05, 3.63) is 115 Å². The van der Waals surface area contributed by atoms with Gasteiger partial charge in [0.1, 0.15) is 0 Å². The molecule has 2 nitrogen and oxygen atoms in total. The Morgan fingerprint density at radius 2 is 0.825 bits per heavy atom. The Labute approximate surface area is 241 Å². The topological polar surface area (TPSA) is 18.5 Å². The fourth-order valence-corrected chi connectivity index (χ4v) is 6.81. The molecule has 196 valence electrons. The van der Waals surface area contributed by atoms with Crippen LogP contribution in [0, 0.1) is 0 Å². The van der Waals surface area contributed by atoms with Gasteiger partial charge < -0.3 is 9.31 Å². The van der Waals surface area contributed by atoms with E-state index in [0.717, 1.165) is 5.46 Å². The summed E-state index contributed by atoms with van der Waals surface area (Å²) in [7, 11) is -0.422. The third-order valence-electron chi connectivity index (χ3n) is 8.58. The molecule has 0 N–H and O–H groups in total. The molecule has 0 spiro atoms. The molecule has 2 aliphatic heterocycles. The summed E-state index contributed by atoms with van der Waals surface area (Å²) in [6.07, 6.45) is 0. The molecule has 1 fully saturated rings. The van der Waals surface area contributed by atoms with Crippen molar-refractivity contribution in [2.75, 3.05) is 0 Å². The van der Waals surface area contributed by atoms with E-state index in [1.165, 1.54) is 54.3 Å². The molecule has 5 aromatic carbocycles. The molecule has 2 aliphatic rings. The Balaban J connectivity index is 1.51. The monoisotopic (exact) mass is 538 g/mol. The first-order valence-electron chi connectivity index (χ1n) is 13.9. The molecule has 7 rings (SSSR count). The van der Waals surface area contributed by atoms with Gasteiger partial charge in [-0.2, -0.15) is 0 Å². The van der Waals surface area contributed by atoms with Crippen LogP contribution in [-0.4, -0.2) is 18.3 Å². The Bertz CT molecular complexity index is 1740. The van der Waals surface area contributed by atoms with Gasteiger partial charge in [0, 0.05) is 9.79 Å². The van der Waals surface area contributed by atoms with Gasteiger partial charge in [0.25, 0.3) is 0 Å². The van der Waals surface area contributed by atoms with Crippen LogP contribution in [0.1, 0.15) is 27.7 Å². The molecule has 4 heteroatoms. The van der Waals surface area contributed by atoms with Crippen molar-refractivity contribution in [2.45, 2.75) is 48.7 Å². The molecule has 0 unspecified atom stereocenters. The van der Waals surface area contributed by atoms with E-state index in [1.807, 2.05) is 11.8 Å². The van der Waals surface area contributed by atoms with E-state index in [9.17, 15) is 0 Å². The van der Waals surface area contributed by atoms with Gasteiger partial charge in [0.05, 0.1) is 11.2 Å². The summed E-state index contributed by atoms with van der Waals surface area (Å²) < 4.78 is 13.0. The van der Waals surface area contributed by atoms with Crippen LogP contribution in [0.4, 0.5) is 0 Å². The molecular formula is C36H31BO2S. The summed E-state index contributed by atoms with van der Waals surface area (Å²) in [6.45, 7) is 8.42. The smallest absolute Gasteiger partial charge is 0.399 e. The van der Waals surface area contributed by atoms with Gasteiger partial charge in [-0.1, -0.05) is 115 Å². The maximum absolute atomic E-state index is 6.48. The fourth-order valence-electron chi connectivity index (χ4n) is 5.73. The van der Waals surface area contributed by atoms with Crippen LogP contribution in [-0.2, 0) is 9.31 Å². The third kappa shape index (κ3) is 4.14. The molecule has 1 saturated heterocycles. The second-order valence-electron chi connectivity index (χ2n) is 11.6. The van der Waals surface area contributed by atoms with Crippen LogP contribution in [0.25, 0.3) is 44.5 Å². The van der Waals surface area contributed by atoms with E-state index in [2.05, 4.69) is 143 Å². The number of fused-ring (bicyclic) bond motifs is 9. The molecule has 40 heavy (non-hydrogen) atoms. The average molecular weight is 539 g/mol. The lowest BCUT2D eigenvalue weighted by atomic mass is 9.77. The molecule has 0 aromatic heterocycles. The van der Waals surface area contributed by atoms with Crippen LogP contribution in [0.15, 0.2) is 125 Å². The largest absolute Gasteiger partial charge is 0.494 e. The van der Waals surface area contributed by atoms with Crippen LogP contribution in [0.3, 0.4) is 0 Å². The van der Waals surface area contributed by atoms with Gasteiger partial charge in [-0.25, -0.2) is 0 Å². The van der Waals surface area contributed by atoms with Crippen molar-refractivity contribution >= 4 is 24.3 Å². The van der Waals surface area contributed by atoms with Crippen molar-refractivity contribution in [3.8, 4) is 44.5 Å². The summed E-state index contributed by atoms with van der Waals surface area (Å²) in [5.74, 6) is 0. The van der Waals surface area contributed by atoms with E-state index in [0.29, 0.717) is 0 Å². The minimum atomic E-state index is -0.422. The first-order valence-corrected chi connectivity index (χ1v) is 14.7. The molecule has 0 amide bonds. The summed E-state index contributed by atoms with van der Waals surface area (Å²) in [4.78, 5) is 2.44. The van der Waals surface area contributed by atoms with Crippen LogP contribution < -0.4 is 5.46 Å². The highest BCUT2D eigenvalue weighted by Crippen LogP contribution is 2.48. The summed E-state index contributed by atoms with van der Waals surface area (Å²) in [6, 6.07) is 41.8. The Kier molecular flexibility index (Phi) is 6.05. The first-order chi connectivity index (χ1) is 19.3. The van der Waals surface area contributed by atoms with Crippen molar-refractivity contribution in [3.63, 3.8) is 0 Å². The molecule has 5 aromatic rings. The van der Waals surface area contributed by atoms with Crippen LogP contribution in [0.2, 0.25) is 0 Å². The second-order valence-corrected chi connectivity index (χ2v) is 12.7. The molecule has 0 atom stereocenters. The zero-order valence-corrected chi connectivity index (χ0v) is 24.1. The SMILES string of the molecule is CC1(C)OB(c2ccc3c(c2)-c2ccccc2-c2ccccc2-c2ccccc2-c2ccccc2S3)OC1(C)C. The minimum absolute atomic E-state index is 0.397. The molecule has 0 radical (unpaired) electrons. The highest BCUT2D eigenvalue weighted by Gasteiger charge is 2.51. The zero-order chi connectivity index (χ0) is 27.5. The molecular weight excluding hydrogens is 507 g/mol. The predicted octanol–water partition coefficient (Wildman–Crippen LogP) is 9.12. The maximum Gasteiger partial charge on any atom is 0.494 e. The quantitative estimate of drug-likeness (QED) is 0.195. The Morgan fingerprint density at radius 1 is 0.450 bits per heavy atom. The number of rotatable bonds is 1. The third-order valence-corrected chi connectivity index (χ3v) is 9.73. The lowest BCUT2D eigenvalue weighted by Crippen LogP contribution is -2.41. The molecule has 2 heterocycles.